The lowest BCUT2D eigenvalue weighted by molar-refractivity contribution is -0.138. The number of hydrogen-bond donors (Lipinski definition) is 2. The van der Waals surface area contributed by atoms with Crippen LogP contribution in [0.1, 0.15) is 33.1 Å². The van der Waals surface area contributed by atoms with E-state index in [9.17, 15) is 9.59 Å². The third-order valence-corrected chi connectivity index (χ3v) is 2.28. The van der Waals surface area contributed by atoms with Crippen LogP contribution in [0, 0.1) is 11.8 Å². The van der Waals surface area contributed by atoms with Gasteiger partial charge in [-0.1, -0.05) is 13.8 Å². The molecule has 0 aliphatic rings. The van der Waals surface area contributed by atoms with Crippen molar-refractivity contribution in [1.82, 2.24) is 0 Å². The van der Waals surface area contributed by atoms with E-state index >= 15 is 0 Å². The highest BCUT2D eigenvalue weighted by molar-refractivity contribution is 5.67. The first-order valence-electron chi connectivity index (χ1n) is 4.37. The first-order valence-corrected chi connectivity index (χ1v) is 4.37. The van der Waals surface area contributed by atoms with Crippen LogP contribution in [0.5, 0.6) is 0 Å². The predicted octanol–water partition coefficient (Wildman–Crippen LogP) is 1.60. The van der Waals surface area contributed by atoms with E-state index in [0.717, 1.165) is 0 Å². The lowest BCUT2D eigenvalue weighted by Crippen LogP contribution is -2.14. The molecule has 0 bridgehead atoms. The lowest BCUT2D eigenvalue weighted by Gasteiger charge is -2.16. The Hall–Kier alpha value is -1.06. The number of carboxylic acid groups (broad SMARTS) is 2. The van der Waals surface area contributed by atoms with Crippen LogP contribution in [0.15, 0.2) is 0 Å². The van der Waals surface area contributed by atoms with Crippen molar-refractivity contribution in [2.45, 2.75) is 33.1 Å². The maximum Gasteiger partial charge on any atom is 0.303 e. The van der Waals surface area contributed by atoms with E-state index in [1.807, 2.05) is 13.8 Å². The maximum absolute atomic E-state index is 10.3. The second-order valence-corrected chi connectivity index (χ2v) is 3.48. The van der Waals surface area contributed by atoms with Gasteiger partial charge in [-0.2, -0.15) is 0 Å². The van der Waals surface area contributed by atoms with Crippen molar-refractivity contribution in [1.29, 1.82) is 0 Å². The molecule has 0 rings (SSSR count). The molecule has 0 aromatic rings. The van der Waals surface area contributed by atoms with Crippen molar-refractivity contribution in [3.8, 4) is 0 Å². The zero-order chi connectivity index (χ0) is 10.4. The second-order valence-electron chi connectivity index (χ2n) is 3.48. The van der Waals surface area contributed by atoms with Crippen LogP contribution in [-0.4, -0.2) is 22.2 Å². The molecule has 0 aliphatic carbocycles. The highest BCUT2D eigenvalue weighted by atomic mass is 16.4. The van der Waals surface area contributed by atoms with Crippen molar-refractivity contribution < 1.29 is 19.8 Å². The first-order chi connectivity index (χ1) is 5.93. The summed E-state index contributed by atoms with van der Waals surface area (Å²) >= 11 is 0. The maximum atomic E-state index is 10.3. The molecule has 4 nitrogen and oxygen atoms in total. The fourth-order valence-corrected chi connectivity index (χ4v) is 1.11. The number of hydrogen-bond acceptors (Lipinski definition) is 2. The quantitative estimate of drug-likeness (QED) is 0.663. The Labute approximate surface area is 77.6 Å². The van der Waals surface area contributed by atoms with Crippen LogP contribution < -0.4 is 0 Å². The van der Waals surface area contributed by atoms with Gasteiger partial charge in [-0.05, 0) is 18.3 Å². The van der Waals surface area contributed by atoms with Gasteiger partial charge in [0, 0.05) is 12.8 Å². The van der Waals surface area contributed by atoms with Gasteiger partial charge in [-0.25, -0.2) is 0 Å². The molecule has 0 heterocycles. The molecule has 0 amide bonds. The molecule has 0 aromatic carbocycles. The van der Waals surface area contributed by atoms with Crippen LogP contribution in [0.25, 0.3) is 0 Å². The summed E-state index contributed by atoms with van der Waals surface area (Å²) in [7, 11) is 0. The van der Waals surface area contributed by atoms with Gasteiger partial charge in [-0.15, -0.1) is 0 Å². The number of carbonyl (C=O) groups is 2. The third-order valence-electron chi connectivity index (χ3n) is 2.28. The van der Waals surface area contributed by atoms with Gasteiger partial charge in [0.1, 0.15) is 0 Å². The Morgan fingerprint density at radius 1 is 1.08 bits per heavy atom. The number of aliphatic carboxylic acids is 2. The van der Waals surface area contributed by atoms with Gasteiger partial charge in [0.05, 0.1) is 0 Å². The minimum atomic E-state index is -0.825. The number of rotatable bonds is 6. The van der Waals surface area contributed by atoms with Gasteiger partial charge < -0.3 is 10.2 Å². The fourth-order valence-electron chi connectivity index (χ4n) is 1.11. The molecule has 0 saturated carbocycles. The van der Waals surface area contributed by atoms with Crippen molar-refractivity contribution >= 4 is 11.9 Å². The zero-order valence-electron chi connectivity index (χ0n) is 7.99. The average molecular weight is 188 g/mol. The van der Waals surface area contributed by atoms with E-state index in [1.165, 1.54) is 0 Å². The Morgan fingerprint density at radius 3 is 2.00 bits per heavy atom. The molecular formula is C9H16O4. The summed E-state index contributed by atoms with van der Waals surface area (Å²) < 4.78 is 0. The van der Waals surface area contributed by atoms with Crippen molar-refractivity contribution in [3.63, 3.8) is 0 Å². The standard InChI is InChI=1S/C9H16O4/c1-6(3-4-8(10)11)7(2)5-9(12)13/h6-7H,3-5H2,1-2H3,(H,10,11)(H,12,13). The van der Waals surface area contributed by atoms with Crippen LogP contribution in [-0.2, 0) is 9.59 Å². The summed E-state index contributed by atoms with van der Waals surface area (Å²) in [5, 5.41) is 16.9. The normalized spacial score (nSPS) is 14.9. The molecular weight excluding hydrogens is 172 g/mol. The van der Waals surface area contributed by atoms with E-state index in [4.69, 9.17) is 10.2 Å². The first kappa shape index (κ1) is 11.9. The van der Waals surface area contributed by atoms with E-state index in [0.29, 0.717) is 6.42 Å². The van der Waals surface area contributed by atoms with E-state index < -0.39 is 11.9 Å². The lowest BCUT2D eigenvalue weighted by atomic mass is 9.89. The molecule has 0 saturated heterocycles. The molecule has 76 valence electrons. The van der Waals surface area contributed by atoms with Crippen molar-refractivity contribution in [3.05, 3.63) is 0 Å². The molecule has 0 radical (unpaired) electrons. The van der Waals surface area contributed by atoms with Gasteiger partial charge in [0.15, 0.2) is 0 Å². The summed E-state index contributed by atoms with van der Waals surface area (Å²) in [6, 6.07) is 0. The summed E-state index contributed by atoms with van der Waals surface area (Å²) in [5.74, 6) is -1.46. The average Bonchev–Trinajstić information content (AvgIpc) is 1.98. The van der Waals surface area contributed by atoms with E-state index in [-0.39, 0.29) is 24.7 Å². The Morgan fingerprint density at radius 2 is 1.62 bits per heavy atom. The Bertz CT molecular complexity index is 188. The smallest absolute Gasteiger partial charge is 0.303 e. The summed E-state index contributed by atoms with van der Waals surface area (Å²) in [6.07, 6.45) is 0.774. The topological polar surface area (TPSA) is 74.6 Å². The highest BCUT2D eigenvalue weighted by Gasteiger charge is 2.16. The molecule has 0 spiro atoms. The minimum absolute atomic E-state index is 0.0387. The van der Waals surface area contributed by atoms with Crippen LogP contribution in [0.4, 0.5) is 0 Å². The third kappa shape index (κ3) is 6.13. The Kier molecular flexibility index (Phi) is 5.11. The number of carboxylic acids is 2. The molecule has 4 heteroatoms. The zero-order valence-corrected chi connectivity index (χ0v) is 7.99. The largest absolute Gasteiger partial charge is 0.481 e. The summed E-state index contributed by atoms with van der Waals surface area (Å²) in [5.41, 5.74) is 0. The van der Waals surface area contributed by atoms with Gasteiger partial charge >= 0.3 is 11.9 Å². The molecule has 2 atom stereocenters. The van der Waals surface area contributed by atoms with Crippen molar-refractivity contribution in [2.75, 3.05) is 0 Å². The van der Waals surface area contributed by atoms with E-state index in [1.54, 1.807) is 0 Å². The Balaban J connectivity index is 3.75. The van der Waals surface area contributed by atoms with Gasteiger partial charge in [0.25, 0.3) is 0 Å². The second kappa shape index (κ2) is 5.56. The van der Waals surface area contributed by atoms with Gasteiger partial charge in [-0.3, -0.25) is 9.59 Å². The predicted molar refractivity (Wildman–Crippen MR) is 47.5 cm³/mol. The molecule has 0 fully saturated rings. The summed E-state index contributed by atoms with van der Waals surface area (Å²) in [6.45, 7) is 3.72. The SMILES string of the molecule is CC(CCC(=O)O)C(C)CC(=O)O. The van der Waals surface area contributed by atoms with Crippen LogP contribution in [0.3, 0.4) is 0 Å². The van der Waals surface area contributed by atoms with Gasteiger partial charge in [0.2, 0.25) is 0 Å². The molecule has 0 aromatic heterocycles. The van der Waals surface area contributed by atoms with Crippen molar-refractivity contribution in [2.24, 2.45) is 11.8 Å². The molecule has 0 aliphatic heterocycles. The molecule has 2 N–H and O–H groups in total. The van der Waals surface area contributed by atoms with Crippen LogP contribution >= 0.6 is 0 Å². The minimum Gasteiger partial charge on any atom is -0.481 e. The summed E-state index contributed by atoms with van der Waals surface area (Å²) in [4.78, 5) is 20.6. The highest BCUT2D eigenvalue weighted by Crippen LogP contribution is 2.19. The van der Waals surface area contributed by atoms with E-state index in [2.05, 4.69) is 0 Å². The molecule has 2 unspecified atom stereocenters. The fraction of sp³-hybridized carbons (Fsp3) is 0.778. The monoisotopic (exact) mass is 188 g/mol. The van der Waals surface area contributed by atoms with Crippen LogP contribution in [0.2, 0.25) is 0 Å². The molecule has 13 heavy (non-hydrogen) atoms.